The summed E-state index contributed by atoms with van der Waals surface area (Å²) in [6.07, 6.45) is 1.66. The minimum atomic E-state index is -0.341. The van der Waals surface area contributed by atoms with Gasteiger partial charge in [0.1, 0.15) is 0 Å². The van der Waals surface area contributed by atoms with E-state index in [1.165, 1.54) is 0 Å². The molecule has 0 bridgehead atoms. The minimum Gasteiger partial charge on any atom is -0.481 e. The Morgan fingerprint density at radius 1 is 1.57 bits per heavy atom. The summed E-state index contributed by atoms with van der Waals surface area (Å²) in [7, 11) is 1.57. The van der Waals surface area contributed by atoms with Crippen LogP contribution in [0.1, 0.15) is 13.8 Å². The van der Waals surface area contributed by atoms with E-state index in [2.05, 4.69) is 10.3 Å². The van der Waals surface area contributed by atoms with Crippen LogP contribution in [0.5, 0.6) is 5.88 Å². The molecule has 1 aromatic heterocycles. The molecule has 1 rings (SSSR count). The number of aliphatic hydroxyl groups is 1. The van der Waals surface area contributed by atoms with E-state index in [1.54, 1.807) is 19.4 Å². The SMILES string of the molecule is COc1cc(NC(C)(C)CO)ccn1. The first-order valence-corrected chi connectivity index (χ1v) is 4.46. The summed E-state index contributed by atoms with van der Waals surface area (Å²) in [5.41, 5.74) is 0.544. The van der Waals surface area contributed by atoms with Crippen molar-refractivity contribution in [1.29, 1.82) is 0 Å². The minimum absolute atomic E-state index is 0.0671. The summed E-state index contributed by atoms with van der Waals surface area (Å²) in [5.74, 6) is 0.559. The summed E-state index contributed by atoms with van der Waals surface area (Å²) in [6.45, 7) is 3.90. The van der Waals surface area contributed by atoms with E-state index < -0.39 is 0 Å². The Morgan fingerprint density at radius 3 is 2.86 bits per heavy atom. The molecule has 0 radical (unpaired) electrons. The molecule has 14 heavy (non-hydrogen) atoms. The van der Waals surface area contributed by atoms with Gasteiger partial charge >= 0.3 is 0 Å². The molecule has 78 valence electrons. The normalized spacial score (nSPS) is 11.1. The molecule has 4 heteroatoms. The summed E-state index contributed by atoms with van der Waals surface area (Å²) < 4.78 is 4.99. The average Bonchev–Trinajstić information content (AvgIpc) is 2.17. The van der Waals surface area contributed by atoms with Crippen LogP contribution in [-0.4, -0.2) is 29.3 Å². The van der Waals surface area contributed by atoms with Crippen LogP contribution in [0.3, 0.4) is 0 Å². The summed E-state index contributed by atoms with van der Waals surface area (Å²) in [4.78, 5) is 3.99. The lowest BCUT2D eigenvalue weighted by molar-refractivity contribution is 0.234. The van der Waals surface area contributed by atoms with Crippen molar-refractivity contribution in [3.05, 3.63) is 18.3 Å². The molecule has 1 aromatic rings. The van der Waals surface area contributed by atoms with Gasteiger partial charge in [-0.1, -0.05) is 0 Å². The van der Waals surface area contributed by atoms with Crippen LogP contribution in [0.2, 0.25) is 0 Å². The molecular weight excluding hydrogens is 180 g/mol. The molecule has 0 unspecified atom stereocenters. The second-order valence-electron chi connectivity index (χ2n) is 3.75. The second kappa shape index (κ2) is 4.28. The van der Waals surface area contributed by atoms with Gasteiger partial charge in [0.05, 0.1) is 19.3 Å². The number of hydrogen-bond donors (Lipinski definition) is 2. The molecule has 0 aromatic carbocycles. The molecule has 4 nitrogen and oxygen atoms in total. The van der Waals surface area contributed by atoms with E-state index in [0.29, 0.717) is 5.88 Å². The quantitative estimate of drug-likeness (QED) is 0.761. The van der Waals surface area contributed by atoms with Gasteiger partial charge in [-0.05, 0) is 19.9 Å². The Labute approximate surface area is 83.9 Å². The Balaban J connectivity index is 2.76. The number of anilines is 1. The second-order valence-corrected chi connectivity index (χ2v) is 3.75. The number of rotatable bonds is 4. The van der Waals surface area contributed by atoms with Gasteiger partial charge in [-0.25, -0.2) is 4.98 Å². The molecule has 0 aliphatic carbocycles. The van der Waals surface area contributed by atoms with Crippen LogP contribution in [0.4, 0.5) is 5.69 Å². The monoisotopic (exact) mass is 196 g/mol. The number of pyridine rings is 1. The summed E-state index contributed by atoms with van der Waals surface area (Å²) in [6, 6.07) is 3.62. The molecule has 1 heterocycles. The van der Waals surface area contributed by atoms with Gasteiger partial charge in [-0.3, -0.25) is 0 Å². The Bertz CT molecular complexity index is 300. The number of aliphatic hydroxyl groups excluding tert-OH is 1. The zero-order valence-corrected chi connectivity index (χ0v) is 8.74. The highest BCUT2D eigenvalue weighted by atomic mass is 16.5. The van der Waals surface area contributed by atoms with Gasteiger partial charge in [0.15, 0.2) is 0 Å². The first-order chi connectivity index (χ1) is 6.57. The average molecular weight is 196 g/mol. The highest BCUT2D eigenvalue weighted by Gasteiger charge is 2.15. The number of nitrogens with zero attached hydrogens (tertiary/aromatic N) is 1. The molecule has 2 N–H and O–H groups in total. The third-order valence-electron chi connectivity index (χ3n) is 1.82. The van der Waals surface area contributed by atoms with Crippen molar-refractivity contribution >= 4 is 5.69 Å². The standard InChI is InChI=1S/C10H16N2O2/c1-10(2,7-13)12-8-4-5-11-9(6-8)14-3/h4-6,13H,7H2,1-3H3,(H,11,12). The van der Waals surface area contributed by atoms with Crippen LogP contribution >= 0.6 is 0 Å². The van der Waals surface area contributed by atoms with Crippen molar-refractivity contribution in [2.75, 3.05) is 19.0 Å². The predicted molar refractivity (Wildman–Crippen MR) is 55.6 cm³/mol. The molecule has 0 atom stereocenters. The fourth-order valence-electron chi connectivity index (χ4n) is 1.03. The van der Waals surface area contributed by atoms with Gasteiger partial charge in [0.2, 0.25) is 5.88 Å². The van der Waals surface area contributed by atoms with E-state index in [-0.39, 0.29) is 12.1 Å². The van der Waals surface area contributed by atoms with E-state index >= 15 is 0 Å². The van der Waals surface area contributed by atoms with Crippen molar-refractivity contribution in [3.63, 3.8) is 0 Å². The Morgan fingerprint density at radius 2 is 2.29 bits per heavy atom. The van der Waals surface area contributed by atoms with Crippen LogP contribution in [0.25, 0.3) is 0 Å². The molecule has 0 fully saturated rings. The first-order valence-electron chi connectivity index (χ1n) is 4.46. The largest absolute Gasteiger partial charge is 0.481 e. The number of aromatic nitrogens is 1. The van der Waals surface area contributed by atoms with Crippen LogP contribution < -0.4 is 10.1 Å². The highest BCUT2D eigenvalue weighted by Crippen LogP contribution is 2.17. The van der Waals surface area contributed by atoms with E-state index in [1.807, 2.05) is 19.9 Å². The molecule has 0 saturated heterocycles. The molecule has 0 amide bonds. The molecule has 0 aliphatic rings. The summed E-state index contributed by atoms with van der Waals surface area (Å²) in [5, 5.41) is 12.2. The highest BCUT2D eigenvalue weighted by molar-refractivity contribution is 5.46. The van der Waals surface area contributed by atoms with Crippen molar-refractivity contribution in [2.24, 2.45) is 0 Å². The topological polar surface area (TPSA) is 54.4 Å². The zero-order chi connectivity index (χ0) is 10.6. The van der Waals surface area contributed by atoms with Crippen LogP contribution in [0.15, 0.2) is 18.3 Å². The van der Waals surface area contributed by atoms with Gasteiger partial charge in [0.25, 0.3) is 0 Å². The third-order valence-corrected chi connectivity index (χ3v) is 1.82. The van der Waals surface area contributed by atoms with Crippen molar-refractivity contribution < 1.29 is 9.84 Å². The maximum Gasteiger partial charge on any atom is 0.214 e. The van der Waals surface area contributed by atoms with Gasteiger partial charge < -0.3 is 15.2 Å². The van der Waals surface area contributed by atoms with E-state index in [4.69, 9.17) is 9.84 Å². The Kier molecular flexibility index (Phi) is 3.30. The zero-order valence-electron chi connectivity index (χ0n) is 8.74. The van der Waals surface area contributed by atoms with Gasteiger partial charge in [0, 0.05) is 18.0 Å². The smallest absolute Gasteiger partial charge is 0.214 e. The first kappa shape index (κ1) is 10.8. The van der Waals surface area contributed by atoms with Crippen LogP contribution in [-0.2, 0) is 0 Å². The van der Waals surface area contributed by atoms with Gasteiger partial charge in [-0.15, -0.1) is 0 Å². The molecule has 0 saturated carbocycles. The lowest BCUT2D eigenvalue weighted by Crippen LogP contribution is -2.34. The van der Waals surface area contributed by atoms with E-state index in [9.17, 15) is 0 Å². The molecule has 0 spiro atoms. The van der Waals surface area contributed by atoms with E-state index in [0.717, 1.165) is 5.69 Å². The number of ether oxygens (including phenoxy) is 1. The number of nitrogens with one attached hydrogen (secondary N) is 1. The Hall–Kier alpha value is -1.29. The molecular formula is C10H16N2O2. The van der Waals surface area contributed by atoms with Gasteiger partial charge in [-0.2, -0.15) is 0 Å². The van der Waals surface area contributed by atoms with Crippen molar-refractivity contribution in [2.45, 2.75) is 19.4 Å². The summed E-state index contributed by atoms with van der Waals surface area (Å²) >= 11 is 0. The fourth-order valence-corrected chi connectivity index (χ4v) is 1.03. The van der Waals surface area contributed by atoms with Crippen molar-refractivity contribution in [3.8, 4) is 5.88 Å². The molecule has 0 aliphatic heterocycles. The number of methoxy groups -OCH3 is 1. The van der Waals surface area contributed by atoms with Crippen LogP contribution in [0, 0.1) is 0 Å². The maximum absolute atomic E-state index is 9.07. The lowest BCUT2D eigenvalue weighted by atomic mass is 10.1. The third kappa shape index (κ3) is 2.88. The number of hydrogen-bond acceptors (Lipinski definition) is 4. The predicted octanol–water partition coefficient (Wildman–Crippen LogP) is 1.27. The fraction of sp³-hybridized carbons (Fsp3) is 0.500. The lowest BCUT2D eigenvalue weighted by Gasteiger charge is -2.24. The van der Waals surface area contributed by atoms with Crippen molar-refractivity contribution in [1.82, 2.24) is 4.98 Å². The maximum atomic E-state index is 9.07.